The molecule has 40 heavy (non-hydrogen) atoms. The predicted molar refractivity (Wildman–Crippen MR) is 166 cm³/mol. The van der Waals surface area contributed by atoms with Crippen LogP contribution in [0, 0.1) is 0 Å². The minimum Gasteiger partial charge on any atom is -0.462 e. The van der Waals surface area contributed by atoms with Crippen LogP contribution in [0.2, 0.25) is 0 Å². The molecule has 0 aromatic heterocycles. The lowest BCUT2D eigenvalue weighted by atomic mass is 10.0. The van der Waals surface area contributed by atoms with Crippen molar-refractivity contribution in [3.8, 4) is 0 Å². The number of carbonyl (C=O) groups excluding carboxylic acids is 2. The minimum absolute atomic E-state index is 0.00282. The number of unbranched alkanes of at least 4 members (excludes halogenated alkanes) is 6. The standard InChI is InChI=1S/C23H32N2O2.C11H20O2/c1-2-3-4-8-12-22(26)13-9-14-23(27)25-21-17-15-20(16-18-21)24-19-10-6-5-7-11-19;1-2-3-4-5-7-10-8-6-9-11(12)13-10/h5-7,10-11,15-18,22,24,26H,2-4,8-9,12-14H2,1H3,(H,25,27);10H,2-9H2,1H3. The number of aliphatic hydroxyl groups excluding tert-OH is 1. The van der Waals surface area contributed by atoms with Crippen LogP contribution in [-0.4, -0.2) is 29.2 Å². The number of anilines is 3. The molecule has 1 aliphatic heterocycles. The van der Waals surface area contributed by atoms with Crippen LogP contribution < -0.4 is 10.6 Å². The van der Waals surface area contributed by atoms with E-state index in [4.69, 9.17) is 4.74 Å². The van der Waals surface area contributed by atoms with E-state index in [1.54, 1.807) is 0 Å². The van der Waals surface area contributed by atoms with Gasteiger partial charge in [0, 0.05) is 29.9 Å². The van der Waals surface area contributed by atoms with Crippen molar-refractivity contribution in [2.75, 3.05) is 10.6 Å². The summed E-state index contributed by atoms with van der Waals surface area (Å²) in [5.41, 5.74) is 2.80. The number of cyclic esters (lactones) is 1. The van der Waals surface area contributed by atoms with E-state index in [1.165, 1.54) is 44.9 Å². The van der Waals surface area contributed by atoms with Gasteiger partial charge in [0.2, 0.25) is 5.91 Å². The first-order valence-electron chi connectivity index (χ1n) is 15.6. The van der Waals surface area contributed by atoms with Gasteiger partial charge in [-0.05, 0) is 81.3 Å². The summed E-state index contributed by atoms with van der Waals surface area (Å²) in [4.78, 5) is 23.0. The molecule has 6 heteroatoms. The molecule has 222 valence electrons. The zero-order valence-corrected chi connectivity index (χ0v) is 24.8. The third-order valence-electron chi connectivity index (χ3n) is 7.15. The molecule has 0 spiro atoms. The number of hydrogen-bond acceptors (Lipinski definition) is 5. The Balaban J connectivity index is 0.000000360. The Morgan fingerprint density at radius 2 is 1.48 bits per heavy atom. The summed E-state index contributed by atoms with van der Waals surface area (Å²) < 4.78 is 5.23. The van der Waals surface area contributed by atoms with Crippen molar-refractivity contribution in [3.05, 3.63) is 54.6 Å². The van der Waals surface area contributed by atoms with Crippen molar-refractivity contribution in [2.24, 2.45) is 0 Å². The highest BCUT2D eigenvalue weighted by atomic mass is 16.5. The molecule has 3 rings (SSSR count). The van der Waals surface area contributed by atoms with Gasteiger partial charge in [0.25, 0.3) is 0 Å². The average molecular weight is 553 g/mol. The van der Waals surface area contributed by atoms with Crippen molar-refractivity contribution >= 4 is 28.9 Å². The van der Waals surface area contributed by atoms with Crippen molar-refractivity contribution in [3.63, 3.8) is 0 Å². The monoisotopic (exact) mass is 552 g/mol. The normalized spacial score (nSPS) is 15.4. The van der Waals surface area contributed by atoms with Crippen LogP contribution in [0.5, 0.6) is 0 Å². The highest BCUT2D eigenvalue weighted by Gasteiger charge is 2.19. The molecule has 0 aliphatic carbocycles. The molecule has 2 unspecified atom stereocenters. The van der Waals surface area contributed by atoms with Gasteiger partial charge in [-0.3, -0.25) is 9.59 Å². The quantitative estimate of drug-likeness (QED) is 0.135. The summed E-state index contributed by atoms with van der Waals surface area (Å²) in [6, 6.07) is 17.7. The number of para-hydroxylation sites is 1. The Morgan fingerprint density at radius 1 is 0.850 bits per heavy atom. The maximum absolute atomic E-state index is 12.1. The summed E-state index contributed by atoms with van der Waals surface area (Å²) in [7, 11) is 0. The highest BCUT2D eigenvalue weighted by molar-refractivity contribution is 5.90. The number of esters is 1. The second-order valence-electron chi connectivity index (χ2n) is 10.9. The van der Waals surface area contributed by atoms with Crippen LogP contribution in [0.25, 0.3) is 0 Å². The Hall–Kier alpha value is -2.86. The minimum atomic E-state index is -0.280. The smallest absolute Gasteiger partial charge is 0.306 e. The molecule has 6 nitrogen and oxygen atoms in total. The van der Waals surface area contributed by atoms with E-state index in [0.29, 0.717) is 25.7 Å². The van der Waals surface area contributed by atoms with Gasteiger partial charge in [-0.25, -0.2) is 0 Å². The van der Waals surface area contributed by atoms with Gasteiger partial charge in [0.05, 0.1) is 6.10 Å². The molecule has 1 fully saturated rings. The Bertz CT molecular complexity index is 933. The van der Waals surface area contributed by atoms with Crippen LogP contribution in [0.15, 0.2) is 54.6 Å². The topological polar surface area (TPSA) is 87.7 Å². The zero-order valence-electron chi connectivity index (χ0n) is 24.8. The molecular weight excluding hydrogens is 500 g/mol. The SMILES string of the molecule is CCCCCCC(O)CCCC(=O)Nc1ccc(Nc2ccccc2)cc1.CCCCCCC1CCCC(=O)O1. The summed E-state index contributed by atoms with van der Waals surface area (Å²) in [6.45, 7) is 4.39. The number of aliphatic hydroxyl groups is 1. The predicted octanol–water partition coefficient (Wildman–Crippen LogP) is 8.92. The number of benzene rings is 2. The Kier molecular flexibility index (Phi) is 17.5. The van der Waals surface area contributed by atoms with E-state index < -0.39 is 0 Å². The van der Waals surface area contributed by atoms with E-state index in [2.05, 4.69) is 24.5 Å². The summed E-state index contributed by atoms with van der Waals surface area (Å²) in [5, 5.41) is 16.2. The van der Waals surface area contributed by atoms with Gasteiger partial charge >= 0.3 is 5.97 Å². The summed E-state index contributed by atoms with van der Waals surface area (Å²) in [6.07, 6.45) is 16.2. The average Bonchev–Trinajstić information content (AvgIpc) is 2.96. The maximum atomic E-state index is 12.1. The van der Waals surface area contributed by atoms with Gasteiger partial charge < -0.3 is 20.5 Å². The third kappa shape index (κ3) is 15.7. The van der Waals surface area contributed by atoms with Crippen LogP contribution in [-0.2, 0) is 14.3 Å². The lowest BCUT2D eigenvalue weighted by Gasteiger charge is -2.21. The molecular formula is C34H52N2O4. The molecule has 2 aromatic rings. The first-order chi connectivity index (χ1) is 19.5. The highest BCUT2D eigenvalue weighted by Crippen LogP contribution is 2.20. The van der Waals surface area contributed by atoms with Crippen LogP contribution in [0.1, 0.15) is 117 Å². The van der Waals surface area contributed by atoms with E-state index in [0.717, 1.165) is 49.2 Å². The van der Waals surface area contributed by atoms with Crippen molar-refractivity contribution in [1.29, 1.82) is 0 Å². The molecule has 1 saturated heterocycles. The number of hydrogen-bond donors (Lipinski definition) is 3. The molecule has 1 aliphatic rings. The molecule has 1 heterocycles. The summed E-state index contributed by atoms with van der Waals surface area (Å²) in [5.74, 6) is 0.00342. The number of carbonyl (C=O) groups is 2. The summed E-state index contributed by atoms with van der Waals surface area (Å²) >= 11 is 0. The maximum Gasteiger partial charge on any atom is 0.306 e. The first-order valence-corrected chi connectivity index (χ1v) is 15.6. The van der Waals surface area contributed by atoms with Gasteiger partial charge in [-0.15, -0.1) is 0 Å². The second kappa shape index (κ2) is 21.0. The number of amides is 1. The Labute approximate surface area is 242 Å². The van der Waals surface area contributed by atoms with Crippen LogP contribution >= 0.6 is 0 Å². The number of nitrogens with one attached hydrogen (secondary N) is 2. The lowest BCUT2D eigenvalue weighted by Crippen LogP contribution is -2.23. The van der Waals surface area contributed by atoms with Crippen molar-refractivity contribution < 1.29 is 19.4 Å². The van der Waals surface area contributed by atoms with Crippen LogP contribution in [0.3, 0.4) is 0 Å². The third-order valence-corrected chi connectivity index (χ3v) is 7.15. The molecule has 3 N–H and O–H groups in total. The molecule has 2 aromatic carbocycles. The fraction of sp³-hybridized carbons (Fsp3) is 0.588. The van der Waals surface area contributed by atoms with E-state index in [-0.39, 0.29) is 24.1 Å². The molecule has 0 radical (unpaired) electrons. The Morgan fingerprint density at radius 3 is 2.15 bits per heavy atom. The second-order valence-corrected chi connectivity index (χ2v) is 10.9. The fourth-order valence-electron chi connectivity index (χ4n) is 4.78. The molecule has 1 amide bonds. The van der Waals surface area contributed by atoms with E-state index in [1.807, 2.05) is 54.6 Å². The largest absolute Gasteiger partial charge is 0.462 e. The van der Waals surface area contributed by atoms with Gasteiger partial charge in [0.1, 0.15) is 6.10 Å². The van der Waals surface area contributed by atoms with Crippen LogP contribution in [0.4, 0.5) is 17.1 Å². The fourth-order valence-corrected chi connectivity index (χ4v) is 4.78. The van der Waals surface area contributed by atoms with Gasteiger partial charge in [-0.2, -0.15) is 0 Å². The van der Waals surface area contributed by atoms with Gasteiger partial charge in [-0.1, -0.05) is 77.0 Å². The van der Waals surface area contributed by atoms with Gasteiger partial charge in [0.15, 0.2) is 0 Å². The zero-order chi connectivity index (χ0) is 28.8. The number of rotatable bonds is 17. The number of ether oxygens (including phenoxy) is 1. The first kappa shape index (κ1) is 33.3. The molecule has 0 saturated carbocycles. The van der Waals surface area contributed by atoms with Crippen molar-refractivity contribution in [1.82, 2.24) is 0 Å². The molecule has 2 atom stereocenters. The van der Waals surface area contributed by atoms with E-state index in [9.17, 15) is 14.7 Å². The van der Waals surface area contributed by atoms with E-state index >= 15 is 0 Å². The lowest BCUT2D eigenvalue weighted by molar-refractivity contribution is -0.154. The van der Waals surface area contributed by atoms with Crippen molar-refractivity contribution in [2.45, 2.75) is 129 Å². The molecule has 0 bridgehead atoms.